The maximum atomic E-state index is 11.2. The second-order valence-corrected chi connectivity index (χ2v) is 5.13. The Morgan fingerprint density at radius 1 is 1.67 bits per heavy atom. The van der Waals surface area contributed by atoms with Gasteiger partial charge in [0.25, 0.3) is 5.91 Å². The zero-order chi connectivity index (χ0) is 9.41. The molecule has 0 aromatic carbocycles. The fraction of sp³-hybridized carbons (Fsp3) is 0.833. The lowest BCUT2D eigenvalue weighted by Crippen LogP contribution is -2.25. The Labute approximate surface area is 71.5 Å². The van der Waals surface area contributed by atoms with E-state index >= 15 is 0 Å². The van der Waals surface area contributed by atoms with E-state index in [0.29, 0.717) is 12.8 Å². The van der Waals surface area contributed by atoms with Crippen molar-refractivity contribution >= 4 is 15.8 Å². The molecule has 5 nitrogen and oxygen atoms in total. The molecule has 1 aliphatic rings. The van der Waals surface area contributed by atoms with Gasteiger partial charge >= 0.3 is 0 Å². The molecule has 1 rings (SSSR count). The molecular weight excluding hydrogens is 180 g/mol. The van der Waals surface area contributed by atoms with Crippen LogP contribution in [0.15, 0.2) is 4.36 Å². The van der Waals surface area contributed by atoms with E-state index in [2.05, 4.69) is 9.08 Å². The highest BCUT2D eigenvalue weighted by atomic mass is 32.2. The minimum atomic E-state index is -2.65. The first-order valence-corrected chi connectivity index (χ1v) is 5.49. The highest BCUT2D eigenvalue weighted by Crippen LogP contribution is 2.36. The van der Waals surface area contributed by atoms with E-state index in [1.54, 1.807) is 0 Å². The number of carbonyl (C=O) groups is 1. The van der Waals surface area contributed by atoms with Gasteiger partial charge in [-0.25, -0.2) is 8.93 Å². The van der Waals surface area contributed by atoms with Crippen LogP contribution < -0.4 is 4.72 Å². The van der Waals surface area contributed by atoms with Crippen molar-refractivity contribution in [1.29, 1.82) is 0 Å². The SMILES string of the molecule is CNS(C)(=O)=NC(=O)C1(O)CC1. The van der Waals surface area contributed by atoms with E-state index in [1.165, 1.54) is 13.3 Å². The number of hydrogen-bond donors (Lipinski definition) is 2. The summed E-state index contributed by atoms with van der Waals surface area (Å²) in [5.74, 6) is -0.677. The molecule has 1 unspecified atom stereocenters. The summed E-state index contributed by atoms with van der Waals surface area (Å²) in [5.41, 5.74) is -1.31. The smallest absolute Gasteiger partial charge is 0.286 e. The molecule has 1 atom stereocenters. The summed E-state index contributed by atoms with van der Waals surface area (Å²) < 4.78 is 17.0. The van der Waals surface area contributed by atoms with E-state index < -0.39 is 21.4 Å². The summed E-state index contributed by atoms with van der Waals surface area (Å²) in [6.45, 7) is 0. The van der Waals surface area contributed by atoms with Gasteiger partial charge in [-0.3, -0.25) is 4.79 Å². The number of nitrogens with zero attached hydrogens (tertiary/aromatic N) is 1. The summed E-state index contributed by atoms with van der Waals surface area (Å²) in [7, 11) is -1.19. The molecule has 1 aliphatic carbocycles. The molecule has 1 amide bonds. The first kappa shape index (κ1) is 9.63. The van der Waals surface area contributed by atoms with Crippen molar-refractivity contribution in [3.8, 4) is 0 Å². The third-order valence-electron chi connectivity index (χ3n) is 1.76. The number of aliphatic hydroxyl groups is 1. The topological polar surface area (TPSA) is 78.8 Å². The van der Waals surface area contributed by atoms with E-state index in [0.717, 1.165) is 0 Å². The van der Waals surface area contributed by atoms with Gasteiger partial charge in [0.05, 0.1) is 0 Å². The summed E-state index contributed by atoms with van der Waals surface area (Å²) in [5, 5.41) is 9.26. The molecule has 6 heteroatoms. The molecule has 0 saturated heterocycles. The van der Waals surface area contributed by atoms with Gasteiger partial charge in [-0.15, -0.1) is 4.36 Å². The lowest BCUT2D eigenvalue weighted by Gasteiger charge is -2.03. The highest BCUT2D eigenvalue weighted by Gasteiger charge is 2.48. The lowest BCUT2D eigenvalue weighted by atomic mass is 10.3. The van der Waals surface area contributed by atoms with Gasteiger partial charge in [0.2, 0.25) is 0 Å². The van der Waals surface area contributed by atoms with Crippen LogP contribution in [0.2, 0.25) is 0 Å². The second kappa shape index (κ2) is 2.79. The Morgan fingerprint density at radius 2 is 2.17 bits per heavy atom. The molecule has 1 saturated carbocycles. The Morgan fingerprint density at radius 3 is 2.50 bits per heavy atom. The first-order valence-electron chi connectivity index (χ1n) is 3.57. The summed E-state index contributed by atoms with van der Waals surface area (Å²) in [6.07, 6.45) is 2.17. The molecule has 0 radical (unpaired) electrons. The molecule has 70 valence electrons. The molecule has 0 spiro atoms. The fourth-order valence-corrected chi connectivity index (χ4v) is 1.20. The van der Waals surface area contributed by atoms with Gasteiger partial charge in [0.15, 0.2) is 0 Å². The number of rotatable bonds is 2. The molecule has 0 aromatic heterocycles. The third-order valence-corrected chi connectivity index (χ3v) is 3.03. The Kier molecular flexibility index (Phi) is 2.24. The van der Waals surface area contributed by atoms with Crippen molar-refractivity contribution in [2.24, 2.45) is 4.36 Å². The Bertz CT molecular complexity index is 313. The van der Waals surface area contributed by atoms with E-state index in [1.807, 2.05) is 0 Å². The van der Waals surface area contributed by atoms with Crippen LogP contribution in [0.25, 0.3) is 0 Å². The standard InChI is InChI=1S/C6H12N2O3S/c1-7-12(2,11)8-5(9)6(10)3-4-6/h10H,3-4H2,1-2H3,(H,7,8,9,11). The van der Waals surface area contributed by atoms with Crippen LogP contribution in [-0.4, -0.2) is 34.1 Å². The fourth-order valence-electron chi connectivity index (χ4n) is 0.621. The first-order chi connectivity index (χ1) is 5.40. The quantitative estimate of drug-likeness (QED) is 0.605. The Hall–Kier alpha value is -0.460. The maximum Gasteiger partial charge on any atom is 0.286 e. The average molecular weight is 192 g/mol. The minimum Gasteiger partial charge on any atom is -0.380 e. The van der Waals surface area contributed by atoms with E-state index in [4.69, 9.17) is 0 Å². The van der Waals surface area contributed by atoms with Crippen molar-refractivity contribution in [1.82, 2.24) is 4.72 Å². The maximum absolute atomic E-state index is 11.2. The van der Waals surface area contributed by atoms with Crippen molar-refractivity contribution < 1.29 is 14.1 Å². The van der Waals surface area contributed by atoms with Gasteiger partial charge in [-0.1, -0.05) is 0 Å². The van der Waals surface area contributed by atoms with Crippen LogP contribution in [-0.2, 0) is 14.7 Å². The van der Waals surface area contributed by atoms with Crippen LogP contribution >= 0.6 is 0 Å². The van der Waals surface area contributed by atoms with Gasteiger partial charge in [0, 0.05) is 6.26 Å². The molecule has 0 aromatic rings. The zero-order valence-corrected chi connectivity index (χ0v) is 7.85. The average Bonchev–Trinajstić information content (AvgIpc) is 2.69. The van der Waals surface area contributed by atoms with Crippen LogP contribution in [0.4, 0.5) is 0 Å². The molecule has 2 N–H and O–H groups in total. The Balaban J connectivity index is 2.81. The van der Waals surface area contributed by atoms with Crippen molar-refractivity contribution in [3.05, 3.63) is 0 Å². The monoisotopic (exact) mass is 192 g/mol. The second-order valence-electron chi connectivity index (χ2n) is 2.93. The van der Waals surface area contributed by atoms with Crippen LogP contribution in [0.5, 0.6) is 0 Å². The van der Waals surface area contributed by atoms with Gasteiger partial charge in [0.1, 0.15) is 15.5 Å². The van der Waals surface area contributed by atoms with Crippen molar-refractivity contribution in [3.63, 3.8) is 0 Å². The number of nitrogens with one attached hydrogen (secondary N) is 1. The third kappa shape index (κ3) is 2.02. The normalized spacial score (nSPS) is 24.2. The number of carbonyl (C=O) groups excluding carboxylic acids is 1. The summed E-state index contributed by atoms with van der Waals surface area (Å²) in [6, 6.07) is 0. The van der Waals surface area contributed by atoms with Gasteiger partial charge in [-0.05, 0) is 19.9 Å². The molecule has 0 heterocycles. The van der Waals surface area contributed by atoms with E-state index in [9.17, 15) is 14.1 Å². The predicted molar refractivity (Wildman–Crippen MR) is 44.7 cm³/mol. The molecular formula is C6H12N2O3S. The predicted octanol–water partition coefficient (Wildman–Crippen LogP) is -0.730. The molecule has 12 heavy (non-hydrogen) atoms. The van der Waals surface area contributed by atoms with Crippen LogP contribution in [0.1, 0.15) is 12.8 Å². The summed E-state index contributed by atoms with van der Waals surface area (Å²) in [4.78, 5) is 11.1. The van der Waals surface area contributed by atoms with E-state index in [-0.39, 0.29) is 0 Å². The minimum absolute atomic E-state index is 0.425. The molecule has 1 fully saturated rings. The molecule has 0 aliphatic heterocycles. The number of hydrogen-bond acceptors (Lipinski definition) is 3. The zero-order valence-electron chi connectivity index (χ0n) is 7.03. The summed E-state index contributed by atoms with van der Waals surface area (Å²) >= 11 is 0. The molecule has 0 bridgehead atoms. The number of amides is 1. The van der Waals surface area contributed by atoms with Crippen LogP contribution in [0.3, 0.4) is 0 Å². The van der Waals surface area contributed by atoms with Crippen molar-refractivity contribution in [2.75, 3.05) is 13.3 Å². The van der Waals surface area contributed by atoms with Gasteiger partial charge in [-0.2, -0.15) is 0 Å². The lowest BCUT2D eigenvalue weighted by molar-refractivity contribution is -0.127. The highest BCUT2D eigenvalue weighted by molar-refractivity contribution is 7.91. The van der Waals surface area contributed by atoms with Crippen molar-refractivity contribution in [2.45, 2.75) is 18.4 Å². The largest absolute Gasteiger partial charge is 0.380 e. The van der Waals surface area contributed by atoms with Crippen LogP contribution in [0, 0.1) is 0 Å². The van der Waals surface area contributed by atoms with Gasteiger partial charge < -0.3 is 5.11 Å².